The lowest BCUT2D eigenvalue weighted by molar-refractivity contribution is -0.352. The standard InChI is InChI=1S/C8H19BO5/c1-7(2,3)11-13-9(10)14-12-8(4,5)6/h10H,1-6H3. The van der Waals surface area contributed by atoms with Crippen molar-refractivity contribution < 1.29 is 24.4 Å². The molecule has 0 aliphatic rings. The van der Waals surface area contributed by atoms with Crippen molar-refractivity contribution in [1.29, 1.82) is 0 Å². The molecule has 14 heavy (non-hydrogen) atoms. The Bertz CT molecular complexity index is 142. The minimum atomic E-state index is -1.55. The molecule has 0 aliphatic heterocycles. The fourth-order valence-corrected chi connectivity index (χ4v) is 0.387. The first-order chi connectivity index (χ1) is 6.10. The Labute approximate surface area is 85.3 Å². The van der Waals surface area contributed by atoms with Crippen molar-refractivity contribution in [3.63, 3.8) is 0 Å². The summed E-state index contributed by atoms with van der Waals surface area (Å²) in [4.78, 5) is 18.6. The molecule has 0 saturated carbocycles. The van der Waals surface area contributed by atoms with Crippen LogP contribution in [0, 0.1) is 0 Å². The second-order valence-corrected chi connectivity index (χ2v) is 4.89. The Morgan fingerprint density at radius 3 is 1.29 bits per heavy atom. The molecule has 0 radical (unpaired) electrons. The van der Waals surface area contributed by atoms with Gasteiger partial charge in [0, 0.05) is 0 Å². The molecule has 0 aromatic rings. The van der Waals surface area contributed by atoms with Gasteiger partial charge in [-0.3, -0.25) is 0 Å². The summed E-state index contributed by atoms with van der Waals surface area (Å²) in [5.41, 5.74) is -1.02. The average molecular weight is 206 g/mol. The van der Waals surface area contributed by atoms with Gasteiger partial charge in [-0.2, -0.15) is 0 Å². The molecule has 0 saturated heterocycles. The van der Waals surface area contributed by atoms with Gasteiger partial charge in [0.25, 0.3) is 0 Å². The third kappa shape index (κ3) is 9.95. The Kier molecular flexibility index (Phi) is 5.04. The molecule has 0 heterocycles. The lowest BCUT2D eigenvalue weighted by Crippen LogP contribution is -2.32. The van der Waals surface area contributed by atoms with Crippen molar-refractivity contribution in [3.8, 4) is 0 Å². The van der Waals surface area contributed by atoms with Gasteiger partial charge in [0.1, 0.15) is 0 Å². The average Bonchev–Trinajstić information content (AvgIpc) is 1.94. The first-order valence-corrected chi connectivity index (χ1v) is 4.47. The fourth-order valence-electron chi connectivity index (χ4n) is 0.387. The van der Waals surface area contributed by atoms with Crippen LogP contribution < -0.4 is 0 Å². The van der Waals surface area contributed by atoms with Crippen molar-refractivity contribution in [2.75, 3.05) is 0 Å². The Balaban J connectivity index is 3.62. The minimum absolute atomic E-state index is 0.508. The molecule has 1 N–H and O–H groups in total. The molecule has 0 bridgehead atoms. The molecule has 0 unspecified atom stereocenters. The highest BCUT2D eigenvalue weighted by Gasteiger charge is 2.25. The van der Waals surface area contributed by atoms with Crippen LogP contribution in [-0.4, -0.2) is 23.5 Å². The van der Waals surface area contributed by atoms with E-state index in [2.05, 4.69) is 9.61 Å². The monoisotopic (exact) mass is 206 g/mol. The highest BCUT2D eigenvalue weighted by atomic mass is 17.3. The van der Waals surface area contributed by atoms with Crippen LogP contribution in [0.3, 0.4) is 0 Å². The van der Waals surface area contributed by atoms with Crippen LogP contribution in [-0.2, 0) is 19.4 Å². The second-order valence-electron chi connectivity index (χ2n) is 4.89. The summed E-state index contributed by atoms with van der Waals surface area (Å²) in [6.07, 6.45) is 0. The quantitative estimate of drug-likeness (QED) is 0.428. The lowest BCUT2D eigenvalue weighted by atomic mass is 10.2. The molecule has 0 rings (SSSR count). The second kappa shape index (κ2) is 5.09. The van der Waals surface area contributed by atoms with Crippen molar-refractivity contribution in [3.05, 3.63) is 0 Å². The number of rotatable bonds is 4. The van der Waals surface area contributed by atoms with E-state index in [0.29, 0.717) is 0 Å². The van der Waals surface area contributed by atoms with Crippen molar-refractivity contribution >= 4 is 7.32 Å². The zero-order chi connectivity index (χ0) is 11.4. The van der Waals surface area contributed by atoms with Crippen LogP contribution in [0.15, 0.2) is 0 Å². The van der Waals surface area contributed by atoms with Crippen LogP contribution in [0.5, 0.6) is 0 Å². The van der Waals surface area contributed by atoms with E-state index < -0.39 is 18.5 Å². The maximum atomic E-state index is 9.08. The Morgan fingerprint density at radius 2 is 1.07 bits per heavy atom. The van der Waals surface area contributed by atoms with E-state index in [1.54, 1.807) is 41.5 Å². The van der Waals surface area contributed by atoms with E-state index in [-0.39, 0.29) is 0 Å². The summed E-state index contributed by atoms with van der Waals surface area (Å²) in [5.74, 6) is 0. The summed E-state index contributed by atoms with van der Waals surface area (Å²) in [6, 6.07) is 0. The largest absolute Gasteiger partial charge is 0.694 e. The molecule has 6 heteroatoms. The molecule has 0 aromatic heterocycles. The molecular weight excluding hydrogens is 187 g/mol. The molecular formula is C8H19BO5. The Morgan fingerprint density at radius 1 is 0.786 bits per heavy atom. The van der Waals surface area contributed by atoms with Crippen LogP contribution in [0.25, 0.3) is 0 Å². The van der Waals surface area contributed by atoms with Crippen molar-refractivity contribution in [2.45, 2.75) is 52.7 Å². The predicted molar refractivity (Wildman–Crippen MR) is 51.8 cm³/mol. The van der Waals surface area contributed by atoms with Gasteiger partial charge in [0.2, 0.25) is 0 Å². The van der Waals surface area contributed by atoms with Gasteiger partial charge in [-0.25, -0.2) is 19.4 Å². The van der Waals surface area contributed by atoms with E-state index in [1.165, 1.54) is 0 Å². The maximum absolute atomic E-state index is 9.08. The van der Waals surface area contributed by atoms with Gasteiger partial charge in [-0.15, -0.1) is 0 Å². The van der Waals surface area contributed by atoms with Crippen molar-refractivity contribution in [2.24, 2.45) is 0 Å². The molecule has 0 fully saturated rings. The molecule has 0 aromatic carbocycles. The SMILES string of the molecule is CC(C)(C)OOB(O)OOC(C)(C)C. The summed E-state index contributed by atoms with van der Waals surface area (Å²) in [6.45, 7) is 10.7. The number of hydrogen-bond donors (Lipinski definition) is 1. The van der Waals surface area contributed by atoms with E-state index >= 15 is 0 Å². The molecule has 0 atom stereocenters. The van der Waals surface area contributed by atoms with Gasteiger partial charge in [-0.05, 0) is 41.5 Å². The predicted octanol–water partition coefficient (Wildman–Crippen LogP) is 1.46. The third-order valence-corrected chi connectivity index (χ3v) is 0.761. The van der Waals surface area contributed by atoms with E-state index in [9.17, 15) is 0 Å². The van der Waals surface area contributed by atoms with Crippen LogP contribution in [0.4, 0.5) is 0 Å². The van der Waals surface area contributed by atoms with Crippen molar-refractivity contribution in [1.82, 2.24) is 0 Å². The summed E-state index contributed by atoms with van der Waals surface area (Å²) >= 11 is 0. The number of hydrogen-bond acceptors (Lipinski definition) is 5. The minimum Gasteiger partial charge on any atom is -0.399 e. The van der Waals surface area contributed by atoms with E-state index in [1.807, 2.05) is 0 Å². The topological polar surface area (TPSA) is 57.2 Å². The maximum Gasteiger partial charge on any atom is 0.694 e. The normalized spacial score (nSPS) is 13.1. The third-order valence-electron chi connectivity index (χ3n) is 0.761. The highest BCUT2D eigenvalue weighted by Crippen LogP contribution is 2.10. The molecule has 5 nitrogen and oxygen atoms in total. The van der Waals surface area contributed by atoms with Gasteiger partial charge in [0.15, 0.2) is 0 Å². The van der Waals surface area contributed by atoms with Gasteiger partial charge >= 0.3 is 7.32 Å². The first kappa shape index (κ1) is 13.9. The zero-order valence-electron chi connectivity index (χ0n) is 9.66. The van der Waals surface area contributed by atoms with Gasteiger partial charge in [0.05, 0.1) is 11.2 Å². The summed E-state index contributed by atoms with van der Waals surface area (Å²) in [7, 11) is -1.55. The molecule has 0 amide bonds. The van der Waals surface area contributed by atoms with Gasteiger partial charge < -0.3 is 5.02 Å². The summed E-state index contributed by atoms with van der Waals surface area (Å²) in [5, 5.41) is 9.08. The van der Waals surface area contributed by atoms with Crippen LogP contribution in [0.1, 0.15) is 41.5 Å². The van der Waals surface area contributed by atoms with E-state index in [0.717, 1.165) is 0 Å². The lowest BCUT2D eigenvalue weighted by Gasteiger charge is -2.21. The smallest absolute Gasteiger partial charge is 0.399 e. The molecule has 0 aliphatic carbocycles. The zero-order valence-corrected chi connectivity index (χ0v) is 9.66. The van der Waals surface area contributed by atoms with Crippen LogP contribution >= 0.6 is 0 Å². The summed E-state index contributed by atoms with van der Waals surface area (Å²) < 4.78 is 0. The Hall–Kier alpha value is -0.135. The van der Waals surface area contributed by atoms with E-state index in [4.69, 9.17) is 14.8 Å². The fraction of sp³-hybridized carbons (Fsp3) is 1.00. The van der Waals surface area contributed by atoms with Crippen LogP contribution in [0.2, 0.25) is 0 Å². The first-order valence-electron chi connectivity index (χ1n) is 4.47. The van der Waals surface area contributed by atoms with Gasteiger partial charge in [-0.1, -0.05) is 0 Å². The molecule has 0 spiro atoms. The highest BCUT2D eigenvalue weighted by molar-refractivity contribution is 6.33. The molecule has 84 valence electrons.